The summed E-state index contributed by atoms with van der Waals surface area (Å²) in [5, 5.41) is 0. The van der Waals surface area contributed by atoms with Crippen molar-refractivity contribution in [3.63, 3.8) is 0 Å². The van der Waals surface area contributed by atoms with Gasteiger partial charge in [-0.2, -0.15) is 0 Å². The summed E-state index contributed by atoms with van der Waals surface area (Å²) < 4.78 is 23.5. The number of esters is 1. The van der Waals surface area contributed by atoms with E-state index in [4.69, 9.17) is 18.6 Å². The van der Waals surface area contributed by atoms with Gasteiger partial charge in [-0.05, 0) is 41.2 Å². The van der Waals surface area contributed by atoms with Crippen LogP contribution in [-0.2, 0) is 19.7 Å². The van der Waals surface area contributed by atoms with E-state index in [1.807, 2.05) is 19.1 Å². The van der Waals surface area contributed by atoms with E-state index in [0.717, 1.165) is 23.5 Å². The van der Waals surface area contributed by atoms with Crippen LogP contribution >= 0.6 is 0 Å². The van der Waals surface area contributed by atoms with Crippen molar-refractivity contribution in [3.05, 3.63) is 23.8 Å². The minimum absolute atomic E-state index is 0.189. The number of carbonyl (C=O) groups is 1. The zero-order chi connectivity index (χ0) is 24.5. The summed E-state index contributed by atoms with van der Waals surface area (Å²) in [6.07, 6.45) is 1.11. The van der Waals surface area contributed by atoms with Crippen LogP contribution in [-0.4, -0.2) is 41.2 Å². The Bertz CT molecular complexity index is 690. The molecular weight excluding hydrogens is 420 g/mol. The number of ether oxygens (including phenoxy) is 3. The second-order valence-corrected chi connectivity index (χ2v) is 15.5. The Kier molecular flexibility index (Phi) is 11.3. The zero-order valence-corrected chi connectivity index (χ0v) is 23.0. The Morgan fingerprint density at radius 3 is 2.06 bits per heavy atom. The van der Waals surface area contributed by atoms with Gasteiger partial charge in [0.1, 0.15) is 5.75 Å². The van der Waals surface area contributed by atoms with Gasteiger partial charge in [-0.15, -0.1) is 0 Å². The third-order valence-electron chi connectivity index (χ3n) is 6.36. The van der Waals surface area contributed by atoms with Crippen LogP contribution in [0.3, 0.4) is 0 Å². The quantitative estimate of drug-likeness (QED) is 0.170. The van der Waals surface area contributed by atoms with Crippen molar-refractivity contribution in [2.45, 2.75) is 97.2 Å². The molecule has 0 amide bonds. The molecular formula is C26H46O5Si. The van der Waals surface area contributed by atoms with Crippen LogP contribution < -0.4 is 9.16 Å². The fourth-order valence-corrected chi connectivity index (χ4v) is 9.99. The van der Waals surface area contributed by atoms with E-state index in [1.54, 1.807) is 7.11 Å². The highest BCUT2D eigenvalue weighted by Crippen LogP contribution is 2.45. The molecule has 32 heavy (non-hydrogen) atoms. The van der Waals surface area contributed by atoms with Gasteiger partial charge in [0.2, 0.25) is 0 Å². The van der Waals surface area contributed by atoms with Crippen LogP contribution in [0.5, 0.6) is 11.5 Å². The van der Waals surface area contributed by atoms with Gasteiger partial charge in [0.15, 0.2) is 5.75 Å². The number of hydrogen-bond acceptors (Lipinski definition) is 5. The molecule has 0 radical (unpaired) electrons. The molecule has 0 heterocycles. The van der Waals surface area contributed by atoms with Crippen molar-refractivity contribution in [1.82, 2.24) is 0 Å². The molecule has 0 saturated carbocycles. The highest BCUT2D eigenvalue weighted by molar-refractivity contribution is 6.78. The minimum atomic E-state index is -2.13. The summed E-state index contributed by atoms with van der Waals surface area (Å²) in [4.78, 5) is 12.2. The summed E-state index contributed by atoms with van der Waals surface area (Å²) in [7, 11) is -0.438. The number of rotatable bonds is 14. The minimum Gasteiger partial charge on any atom is -0.540 e. The van der Waals surface area contributed by atoms with Crippen molar-refractivity contribution < 1.29 is 23.4 Å². The van der Waals surface area contributed by atoms with Crippen molar-refractivity contribution in [3.8, 4) is 11.5 Å². The Hall–Kier alpha value is -1.53. The third-order valence-corrected chi connectivity index (χ3v) is 12.3. The van der Waals surface area contributed by atoms with Crippen molar-refractivity contribution in [2.75, 3.05) is 26.9 Å². The van der Waals surface area contributed by atoms with Gasteiger partial charge in [-0.25, -0.2) is 0 Å². The number of benzene rings is 1. The normalized spacial score (nSPS) is 12.5. The van der Waals surface area contributed by atoms with Gasteiger partial charge in [0.25, 0.3) is 8.32 Å². The lowest BCUT2D eigenvalue weighted by Crippen LogP contribution is -2.50. The van der Waals surface area contributed by atoms with Crippen LogP contribution in [0.4, 0.5) is 0 Å². The van der Waals surface area contributed by atoms with E-state index in [2.05, 4.69) is 61.5 Å². The second kappa shape index (κ2) is 12.6. The number of hydrogen-bond donors (Lipinski definition) is 0. The third kappa shape index (κ3) is 7.24. The summed E-state index contributed by atoms with van der Waals surface area (Å²) in [5.74, 6) is 1.36. The standard InChI is InChI=1S/C26H46O5Si/c1-11-29-25(27)18-26(8,9)22-13-14-23(24(17-22)30-16-12-15-28-10)31-32(19(2)3,20(4)5)21(6)7/h13-14,17,19-21H,11-12,15-16,18H2,1-10H3. The van der Waals surface area contributed by atoms with Gasteiger partial charge in [0.05, 0.1) is 19.6 Å². The van der Waals surface area contributed by atoms with Crippen LogP contribution in [0.25, 0.3) is 0 Å². The smallest absolute Gasteiger partial charge is 0.306 e. The first-order valence-electron chi connectivity index (χ1n) is 12.0. The van der Waals surface area contributed by atoms with Gasteiger partial charge >= 0.3 is 5.97 Å². The molecule has 0 atom stereocenters. The molecule has 0 saturated heterocycles. The summed E-state index contributed by atoms with van der Waals surface area (Å²) >= 11 is 0. The predicted octanol–water partition coefficient (Wildman–Crippen LogP) is 6.89. The van der Waals surface area contributed by atoms with Gasteiger partial charge in [0, 0.05) is 25.6 Å². The van der Waals surface area contributed by atoms with Crippen LogP contribution in [0, 0.1) is 0 Å². The number of carbonyl (C=O) groups excluding carboxylic acids is 1. The lowest BCUT2D eigenvalue weighted by atomic mass is 9.81. The highest BCUT2D eigenvalue weighted by atomic mass is 28.4. The predicted molar refractivity (Wildman–Crippen MR) is 134 cm³/mol. The van der Waals surface area contributed by atoms with E-state index in [1.165, 1.54) is 0 Å². The Balaban J connectivity index is 3.37. The van der Waals surface area contributed by atoms with E-state index in [-0.39, 0.29) is 11.4 Å². The molecule has 1 rings (SSSR count). The monoisotopic (exact) mass is 466 g/mol. The van der Waals surface area contributed by atoms with Crippen molar-refractivity contribution >= 4 is 14.3 Å². The molecule has 1 aromatic carbocycles. The SMILES string of the molecule is CCOC(=O)CC(C)(C)c1ccc(O[Si](C(C)C)(C(C)C)C(C)C)c(OCCCOC)c1. The van der Waals surface area contributed by atoms with Gasteiger partial charge in [-0.3, -0.25) is 4.79 Å². The highest BCUT2D eigenvalue weighted by Gasteiger charge is 2.47. The van der Waals surface area contributed by atoms with Crippen LogP contribution in [0.1, 0.15) is 80.7 Å². The first kappa shape index (κ1) is 28.5. The molecule has 6 heteroatoms. The topological polar surface area (TPSA) is 54.0 Å². The molecule has 184 valence electrons. The van der Waals surface area contributed by atoms with Gasteiger partial charge in [-0.1, -0.05) is 61.5 Å². The van der Waals surface area contributed by atoms with Crippen molar-refractivity contribution in [2.24, 2.45) is 0 Å². The Labute approximate surface area is 197 Å². The maximum absolute atomic E-state index is 12.2. The van der Waals surface area contributed by atoms with Gasteiger partial charge < -0.3 is 18.6 Å². The fraction of sp³-hybridized carbons (Fsp3) is 0.731. The molecule has 0 N–H and O–H groups in total. The second-order valence-electron chi connectivity index (χ2n) is 10.1. The van der Waals surface area contributed by atoms with Crippen LogP contribution in [0.2, 0.25) is 16.6 Å². The summed E-state index contributed by atoms with van der Waals surface area (Å²) in [6.45, 7) is 21.2. The summed E-state index contributed by atoms with van der Waals surface area (Å²) in [6, 6.07) is 6.14. The zero-order valence-electron chi connectivity index (χ0n) is 22.0. The molecule has 0 aliphatic heterocycles. The van der Waals surface area contributed by atoms with E-state index in [0.29, 0.717) is 42.9 Å². The molecule has 0 unspecified atom stereocenters. The first-order valence-corrected chi connectivity index (χ1v) is 14.2. The summed E-state index contributed by atoms with van der Waals surface area (Å²) in [5.41, 5.74) is 2.04. The fourth-order valence-electron chi connectivity index (χ4n) is 4.73. The van der Waals surface area contributed by atoms with Crippen LogP contribution in [0.15, 0.2) is 18.2 Å². The lowest BCUT2D eigenvalue weighted by Gasteiger charge is -2.42. The molecule has 0 aliphatic carbocycles. The van der Waals surface area contributed by atoms with E-state index >= 15 is 0 Å². The largest absolute Gasteiger partial charge is 0.540 e. The molecule has 5 nitrogen and oxygen atoms in total. The van der Waals surface area contributed by atoms with Crippen molar-refractivity contribution in [1.29, 1.82) is 0 Å². The maximum atomic E-state index is 12.2. The maximum Gasteiger partial charge on any atom is 0.306 e. The van der Waals surface area contributed by atoms with E-state index in [9.17, 15) is 4.79 Å². The first-order chi connectivity index (χ1) is 14.9. The Morgan fingerprint density at radius 2 is 1.56 bits per heavy atom. The van der Waals surface area contributed by atoms with E-state index < -0.39 is 8.32 Å². The molecule has 0 spiro atoms. The molecule has 0 fully saturated rings. The average molecular weight is 467 g/mol. The Morgan fingerprint density at radius 1 is 0.969 bits per heavy atom. The molecule has 0 aromatic heterocycles. The average Bonchev–Trinajstić information content (AvgIpc) is 2.68. The molecule has 0 bridgehead atoms. The lowest BCUT2D eigenvalue weighted by molar-refractivity contribution is -0.144. The molecule has 0 aliphatic rings. The number of methoxy groups -OCH3 is 1. The molecule has 1 aromatic rings.